The van der Waals surface area contributed by atoms with Gasteiger partial charge in [-0.1, -0.05) is 11.6 Å². The van der Waals surface area contributed by atoms with Crippen molar-refractivity contribution < 1.29 is 9.21 Å². The second kappa shape index (κ2) is 5.92. The number of carbonyl (C=O) groups is 1. The van der Waals surface area contributed by atoms with Crippen LogP contribution < -0.4 is 5.32 Å². The van der Waals surface area contributed by atoms with Crippen molar-refractivity contribution in [2.24, 2.45) is 5.41 Å². The first kappa shape index (κ1) is 15.7. The Morgan fingerprint density at radius 1 is 1.25 bits per heavy atom. The topological polar surface area (TPSA) is 45.5 Å². The third-order valence-corrected chi connectivity index (χ3v) is 5.64. The van der Waals surface area contributed by atoms with E-state index in [1.54, 1.807) is 0 Å². The molecule has 4 rings (SSSR count). The van der Waals surface area contributed by atoms with Crippen LogP contribution in [0.15, 0.2) is 22.6 Å². The molecule has 128 valence electrons. The van der Waals surface area contributed by atoms with Gasteiger partial charge in [0.25, 0.3) is 5.91 Å². The molecular weight excluding hydrogens is 300 g/mol. The molecular formula is C20H26N2O2. The number of rotatable bonds is 5. The maximum absolute atomic E-state index is 12.6. The minimum absolute atomic E-state index is 0.0750. The fourth-order valence-corrected chi connectivity index (χ4v) is 3.88. The van der Waals surface area contributed by atoms with Gasteiger partial charge in [0.05, 0.1) is 0 Å². The lowest BCUT2D eigenvalue weighted by molar-refractivity contribution is 0.0913. The van der Waals surface area contributed by atoms with Crippen LogP contribution in [0, 0.1) is 19.3 Å². The van der Waals surface area contributed by atoms with Gasteiger partial charge in [0.2, 0.25) is 0 Å². The number of nitrogens with zero attached hydrogens (tertiary/aromatic N) is 1. The molecule has 4 nitrogen and oxygen atoms in total. The summed E-state index contributed by atoms with van der Waals surface area (Å²) < 4.78 is 5.81. The number of nitrogens with one attached hydrogen (secondary N) is 1. The molecule has 1 saturated carbocycles. The highest BCUT2D eigenvalue weighted by molar-refractivity contribution is 5.99. The van der Waals surface area contributed by atoms with Crippen LogP contribution in [0.4, 0.5) is 0 Å². The first-order valence-corrected chi connectivity index (χ1v) is 9.07. The molecule has 0 atom stereocenters. The Kier molecular flexibility index (Phi) is 3.87. The highest BCUT2D eigenvalue weighted by atomic mass is 16.3. The van der Waals surface area contributed by atoms with E-state index in [1.165, 1.54) is 44.3 Å². The van der Waals surface area contributed by atoms with Crippen molar-refractivity contribution in [2.75, 3.05) is 26.2 Å². The van der Waals surface area contributed by atoms with Gasteiger partial charge in [-0.3, -0.25) is 4.79 Å². The van der Waals surface area contributed by atoms with E-state index in [0.717, 1.165) is 29.6 Å². The van der Waals surface area contributed by atoms with Crippen molar-refractivity contribution in [3.05, 3.63) is 35.1 Å². The maximum Gasteiger partial charge on any atom is 0.287 e. The number of benzene rings is 1. The van der Waals surface area contributed by atoms with Crippen LogP contribution in [0.25, 0.3) is 11.0 Å². The predicted octanol–water partition coefficient (Wildman–Crippen LogP) is 3.66. The number of furan rings is 1. The van der Waals surface area contributed by atoms with Crippen LogP contribution in [0.1, 0.15) is 47.4 Å². The third-order valence-electron chi connectivity index (χ3n) is 5.64. The molecule has 4 heteroatoms. The SMILES string of the molecule is Cc1ccc2oc(C(=O)NCC3(CN4CCCC4)CC3)c(C)c2c1. The lowest BCUT2D eigenvalue weighted by Gasteiger charge is -2.23. The summed E-state index contributed by atoms with van der Waals surface area (Å²) in [7, 11) is 0. The summed E-state index contributed by atoms with van der Waals surface area (Å²) in [4.78, 5) is 15.2. The van der Waals surface area contributed by atoms with Crippen molar-refractivity contribution in [1.82, 2.24) is 10.2 Å². The lowest BCUT2D eigenvalue weighted by atomic mass is 10.1. The summed E-state index contributed by atoms with van der Waals surface area (Å²) in [6.45, 7) is 8.36. The fraction of sp³-hybridized carbons (Fsp3) is 0.550. The molecule has 0 radical (unpaired) electrons. The van der Waals surface area contributed by atoms with Gasteiger partial charge in [-0.05, 0) is 64.8 Å². The Balaban J connectivity index is 1.44. The number of hydrogen-bond acceptors (Lipinski definition) is 3. The highest BCUT2D eigenvalue weighted by Gasteiger charge is 2.44. The van der Waals surface area contributed by atoms with Crippen molar-refractivity contribution in [2.45, 2.75) is 39.5 Å². The van der Waals surface area contributed by atoms with Crippen LogP contribution in [-0.2, 0) is 0 Å². The van der Waals surface area contributed by atoms with Gasteiger partial charge >= 0.3 is 0 Å². The predicted molar refractivity (Wildman–Crippen MR) is 95.4 cm³/mol. The minimum atomic E-state index is -0.0750. The summed E-state index contributed by atoms with van der Waals surface area (Å²) in [6, 6.07) is 6.05. The number of hydrogen-bond donors (Lipinski definition) is 1. The third kappa shape index (κ3) is 2.95. The monoisotopic (exact) mass is 326 g/mol. The zero-order valence-electron chi connectivity index (χ0n) is 14.7. The van der Waals surface area contributed by atoms with Gasteiger partial charge in [0.1, 0.15) is 5.58 Å². The van der Waals surface area contributed by atoms with Gasteiger partial charge in [0, 0.05) is 29.5 Å². The van der Waals surface area contributed by atoms with Crippen LogP contribution in [-0.4, -0.2) is 37.0 Å². The van der Waals surface area contributed by atoms with E-state index in [1.807, 2.05) is 19.1 Å². The molecule has 2 aromatic rings. The first-order valence-electron chi connectivity index (χ1n) is 9.07. The Morgan fingerprint density at radius 2 is 2.00 bits per heavy atom. The second-order valence-electron chi connectivity index (χ2n) is 7.72. The molecule has 0 unspecified atom stereocenters. The molecule has 1 aliphatic carbocycles. The zero-order chi connectivity index (χ0) is 16.7. The van der Waals surface area contributed by atoms with Crippen molar-refractivity contribution >= 4 is 16.9 Å². The fourth-order valence-electron chi connectivity index (χ4n) is 3.88. The zero-order valence-corrected chi connectivity index (χ0v) is 14.7. The van der Waals surface area contributed by atoms with E-state index in [-0.39, 0.29) is 5.91 Å². The maximum atomic E-state index is 12.6. The average molecular weight is 326 g/mol. The summed E-state index contributed by atoms with van der Waals surface area (Å²) in [5.41, 5.74) is 3.22. The first-order chi connectivity index (χ1) is 11.6. The molecule has 2 heterocycles. The minimum Gasteiger partial charge on any atom is -0.451 e. The van der Waals surface area contributed by atoms with Gasteiger partial charge in [0.15, 0.2) is 5.76 Å². The normalized spacial score (nSPS) is 19.8. The Bertz CT molecular complexity index is 767. The molecule has 1 aromatic heterocycles. The summed E-state index contributed by atoms with van der Waals surface area (Å²) >= 11 is 0. The van der Waals surface area contributed by atoms with E-state index in [9.17, 15) is 4.79 Å². The van der Waals surface area contributed by atoms with Gasteiger partial charge in [-0.15, -0.1) is 0 Å². The Labute approximate surface area is 143 Å². The van der Waals surface area contributed by atoms with Crippen molar-refractivity contribution in [1.29, 1.82) is 0 Å². The average Bonchev–Trinajstić information content (AvgIpc) is 2.98. The molecule has 1 aromatic carbocycles. The highest BCUT2D eigenvalue weighted by Crippen LogP contribution is 2.46. The van der Waals surface area contributed by atoms with Crippen LogP contribution >= 0.6 is 0 Å². The molecule has 2 aliphatic rings. The number of carbonyl (C=O) groups excluding carboxylic acids is 1. The van der Waals surface area contributed by atoms with E-state index < -0.39 is 0 Å². The quantitative estimate of drug-likeness (QED) is 0.912. The molecule has 1 saturated heterocycles. The van der Waals surface area contributed by atoms with Crippen molar-refractivity contribution in [3.63, 3.8) is 0 Å². The van der Waals surface area contributed by atoms with E-state index >= 15 is 0 Å². The smallest absolute Gasteiger partial charge is 0.287 e. The summed E-state index contributed by atoms with van der Waals surface area (Å²) in [6.07, 6.45) is 5.09. The Hall–Kier alpha value is -1.81. The molecule has 1 aliphatic heterocycles. The molecule has 24 heavy (non-hydrogen) atoms. The van der Waals surface area contributed by atoms with Crippen LogP contribution in [0.3, 0.4) is 0 Å². The lowest BCUT2D eigenvalue weighted by Crippen LogP contribution is -2.37. The van der Waals surface area contributed by atoms with E-state index in [0.29, 0.717) is 11.2 Å². The molecule has 0 spiro atoms. The molecule has 2 fully saturated rings. The van der Waals surface area contributed by atoms with Crippen LogP contribution in [0.2, 0.25) is 0 Å². The van der Waals surface area contributed by atoms with E-state index in [4.69, 9.17) is 4.42 Å². The molecule has 0 bridgehead atoms. The largest absolute Gasteiger partial charge is 0.451 e. The van der Waals surface area contributed by atoms with Crippen molar-refractivity contribution in [3.8, 4) is 0 Å². The summed E-state index contributed by atoms with van der Waals surface area (Å²) in [5, 5.41) is 4.17. The van der Waals surface area contributed by atoms with Gasteiger partial charge in [-0.2, -0.15) is 0 Å². The molecule has 1 N–H and O–H groups in total. The number of aryl methyl sites for hydroxylation is 2. The number of likely N-dealkylation sites (tertiary alicyclic amines) is 1. The summed E-state index contributed by atoms with van der Waals surface area (Å²) in [5.74, 6) is 0.390. The van der Waals surface area contributed by atoms with Gasteiger partial charge in [-0.25, -0.2) is 0 Å². The Morgan fingerprint density at radius 3 is 2.71 bits per heavy atom. The standard InChI is InChI=1S/C20H26N2O2/c1-14-5-6-17-16(11-14)15(2)18(24-17)19(23)21-12-20(7-8-20)13-22-9-3-4-10-22/h5-6,11H,3-4,7-10,12-13H2,1-2H3,(H,21,23). The van der Waals surface area contributed by atoms with E-state index in [2.05, 4.69) is 23.2 Å². The van der Waals surface area contributed by atoms with Crippen LogP contribution in [0.5, 0.6) is 0 Å². The van der Waals surface area contributed by atoms with Gasteiger partial charge < -0.3 is 14.6 Å². The molecule has 1 amide bonds. The number of amides is 1. The number of fused-ring (bicyclic) bond motifs is 1. The second-order valence-corrected chi connectivity index (χ2v) is 7.72.